The summed E-state index contributed by atoms with van der Waals surface area (Å²) in [4.78, 5) is 14.3. The molecule has 0 heterocycles. The van der Waals surface area contributed by atoms with Crippen LogP contribution in [0.25, 0.3) is 0 Å². The van der Waals surface area contributed by atoms with E-state index in [2.05, 4.69) is 25.7 Å². The van der Waals surface area contributed by atoms with Gasteiger partial charge in [-0.15, -0.1) is 0 Å². The van der Waals surface area contributed by atoms with Crippen molar-refractivity contribution in [3.05, 3.63) is 29.8 Å². The molecule has 0 aliphatic rings. The Kier molecular flexibility index (Phi) is 8.51. The Balaban J connectivity index is 2.56. The van der Waals surface area contributed by atoms with Crippen LogP contribution in [0, 0.1) is 0 Å². The molecule has 0 aromatic heterocycles. The third-order valence-electron chi connectivity index (χ3n) is 3.40. The van der Waals surface area contributed by atoms with E-state index in [4.69, 9.17) is 9.47 Å². The number of esters is 1. The lowest BCUT2D eigenvalue weighted by Gasteiger charge is -2.18. The number of para-hydroxylation sites is 1. The third-order valence-corrected chi connectivity index (χ3v) is 3.40. The number of benzene rings is 1. The van der Waals surface area contributed by atoms with E-state index in [0.29, 0.717) is 24.5 Å². The number of hydrogen-bond donors (Lipinski definition) is 0. The zero-order chi connectivity index (χ0) is 15.5. The Morgan fingerprint density at radius 2 is 1.81 bits per heavy atom. The summed E-state index contributed by atoms with van der Waals surface area (Å²) in [6.45, 7) is 10.2. The monoisotopic (exact) mass is 293 g/mol. The quantitative estimate of drug-likeness (QED) is 0.490. The predicted octanol–water partition coefficient (Wildman–Crippen LogP) is 3.36. The van der Waals surface area contributed by atoms with Crippen LogP contribution in [0.3, 0.4) is 0 Å². The summed E-state index contributed by atoms with van der Waals surface area (Å²) >= 11 is 0. The van der Waals surface area contributed by atoms with Gasteiger partial charge in [0, 0.05) is 6.54 Å². The van der Waals surface area contributed by atoms with E-state index in [1.165, 1.54) is 0 Å². The minimum Gasteiger partial charge on any atom is -0.491 e. The smallest absolute Gasteiger partial charge is 0.341 e. The summed E-state index contributed by atoms with van der Waals surface area (Å²) in [5, 5.41) is 0. The molecule has 0 fully saturated rings. The topological polar surface area (TPSA) is 38.8 Å². The molecule has 0 bridgehead atoms. The van der Waals surface area contributed by atoms with E-state index >= 15 is 0 Å². The molecule has 0 unspecified atom stereocenters. The summed E-state index contributed by atoms with van der Waals surface area (Å²) < 4.78 is 11.0. The molecule has 0 atom stereocenters. The van der Waals surface area contributed by atoms with E-state index in [-0.39, 0.29) is 5.97 Å². The van der Waals surface area contributed by atoms with Gasteiger partial charge in [0.05, 0.1) is 6.61 Å². The molecule has 0 aliphatic carbocycles. The highest BCUT2D eigenvalue weighted by Gasteiger charge is 2.13. The lowest BCUT2D eigenvalue weighted by molar-refractivity contribution is 0.0494. The van der Waals surface area contributed by atoms with Crippen LogP contribution in [0.5, 0.6) is 5.75 Å². The summed E-state index contributed by atoms with van der Waals surface area (Å²) in [5.41, 5.74) is 0.508. The summed E-state index contributed by atoms with van der Waals surface area (Å²) in [6.07, 6.45) is 1.89. The fourth-order valence-corrected chi connectivity index (χ4v) is 1.97. The first-order chi connectivity index (χ1) is 10.2. The Labute approximate surface area is 128 Å². The van der Waals surface area contributed by atoms with Crippen LogP contribution < -0.4 is 4.74 Å². The van der Waals surface area contributed by atoms with Gasteiger partial charge in [0.25, 0.3) is 0 Å². The molecular weight excluding hydrogens is 266 g/mol. The molecule has 1 aromatic rings. The van der Waals surface area contributed by atoms with Gasteiger partial charge in [-0.3, -0.25) is 0 Å². The molecule has 0 saturated heterocycles. The van der Waals surface area contributed by atoms with Crippen LogP contribution in [0.1, 0.15) is 44.0 Å². The van der Waals surface area contributed by atoms with E-state index in [1.54, 1.807) is 6.07 Å². The highest BCUT2D eigenvalue weighted by Crippen LogP contribution is 2.19. The highest BCUT2D eigenvalue weighted by molar-refractivity contribution is 5.92. The zero-order valence-electron chi connectivity index (χ0n) is 13.4. The van der Waals surface area contributed by atoms with E-state index in [0.717, 1.165) is 32.5 Å². The van der Waals surface area contributed by atoms with Crippen molar-refractivity contribution in [2.45, 2.75) is 33.6 Å². The maximum absolute atomic E-state index is 12.0. The van der Waals surface area contributed by atoms with Gasteiger partial charge >= 0.3 is 5.97 Å². The van der Waals surface area contributed by atoms with Crippen LogP contribution in [0.4, 0.5) is 0 Å². The van der Waals surface area contributed by atoms with Crippen molar-refractivity contribution in [1.29, 1.82) is 0 Å². The molecule has 0 radical (unpaired) electrons. The second-order valence-electron chi connectivity index (χ2n) is 4.86. The molecule has 4 heteroatoms. The molecule has 0 N–H and O–H groups in total. The number of carbonyl (C=O) groups excluding carboxylic acids is 1. The number of carbonyl (C=O) groups is 1. The van der Waals surface area contributed by atoms with E-state index in [9.17, 15) is 4.79 Å². The maximum Gasteiger partial charge on any atom is 0.341 e. The second-order valence-corrected chi connectivity index (χ2v) is 4.86. The highest BCUT2D eigenvalue weighted by atomic mass is 16.5. The number of ether oxygens (including phenoxy) is 2. The lowest BCUT2D eigenvalue weighted by atomic mass is 10.2. The van der Waals surface area contributed by atoms with Crippen molar-refractivity contribution >= 4 is 5.97 Å². The third kappa shape index (κ3) is 6.17. The first-order valence-corrected chi connectivity index (χ1v) is 7.84. The average Bonchev–Trinajstić information content (AvgIpc) is 2.52. The minimum absolute atomic E-state index is 0.304. The van der Waals surface area contributed by atoms with Gasteiger partial charge in [-0.2, -0.15) is 0 Å². The Morgan fingerprint density at radius 3 is 2.48 bits per heavy atom. The lowest BCUT2D eigenvalue weighted by Crippen LogP contribution is -2.28. The SMILES string of the molecule is CCCCOC(=O)c1ccccc1OCCN(CC)CC. The maximum atomic E-state index is 12.0. The van der Waals surface area contributed by atoms with Crippen molar-refractivity contribution in [3.63, 3.8) is 0 Å². The normalized spacial score (nSPS) is 10.7. The molecule has 0 aliphatic heterocycles. The van der Waals surface area contributed by atoms with E-state index < -0.39 is 0 Å². The summed E-state index contributed by atoms with van der Waals surface area (Å²) in [5.74, 6) is 0.299. The van der Waals surface area contributed by atoms with Gasteiger partial charge in [0.15, 0.2) is 0 Å². The van der Waals surface area contributed by atoms with Crippen LogP contribution >= 0.6 is 0 Å². The molecule has 0 spiro atoms. The molecule has 4 nitrogen and oxygen atoms in total. The Hall–Kier alpha value is -1.55. The molecule has 0 saturated carbocycles. The van der Waals surface area contributed by atoms with Gasteiger partial charge in [0.2, 0.25) is 0 Å². The van der Waals surface area contributed by atoms with Crippen molar-refractivity contribution in [1.82, 2.24) is 4.90 Å². The summed E-state index contributed by atoms with van der Waals surface area (Å²) in [7, 11) is 0. The van der Waals surface area contributed by atoms with Crippen LogP contribution in [0.2, 0.25) is 0 Å². The van der Waals surface area contributed by atoms with Crippen molar-refractivity contribution in [3.8, 4) is 5.75 Å². The number of nitrogens with zero attached hydrogens (tertiary/aromatic N) is 1. The average molecular weight is 293 g/mol. The fourth-order valence-electron chi connectivity index (χ4n) is 1.97. The van der Waals surface area contributed by atoms with Crippen LogP contribution in [-0.2, 0) is 4.74 Å². The first kappa shape index (κ1) is 17.5. The Bertz CT molecular complexity index is 416. The largest absolute Gasteiger partial charge is 0.491 e. The van der Waals surface area contributed by atoms with Gasteiger partial charge in [-0.1, -0.05) is 39.3 Å². The van der Waals surface area contributed by atoms with Gasteiger partial charge in [-0.25, -0.2) is 4.79 Å². The number of likely N-dealkylation sites (N-methyl/N-ethyl adjacent to an activating group) is 1. The van der Waals surface area contributed by atoms with Gasteiger partial charge < -0.3 is 14.4 Å². The molecule has 1 rings (SSSR count). The fraction of sp³-hybridized carbons (Fsp3) is 0.588. The number of hydrogen-bond acceptors (Lipinski definition) is 4. The molecule has 0 amide bonds. The molecule has 21 heavy (non-hydrogen) atoms. The van der Waals surface area contributed by atoms with Crippen molar-refractivity contribution < 1.29 is 14.3 Å². The predicted molar refractivity (Wildman–Crippen MR) is 84.9 cm³/mol. The molecule has 118 valence electrons. The van der Waals surface area contributed by atoms with Crippen molar-refractivity contribution in [2.75, 3.05) is 32.8 Å². The molecule has 1 aromatic carbocycles. The number of unbranched alkanes of at least 4 members (excludes halogenated alkanes) is 1. The summed E-state index contributed by atoms with van der Waals surface area (Å²) in [6, 6.07) is 7.27. The zero-order valence-corrected chi connectivity index (χ0v) is 13.4. The van der Waals surface area contributed by atoms with Gasteiger partial charge in [0.1, 0.15) is 17.9 Å². The van der Waals surface area contributed by atoms with Crippen LogP contribution in [0.15, 0.2) is 24.3 Å². The molecular formula is C17H27NO3. The van der Waals surface area contributed by atoms with Crippen molar-refractivity contribution in [2.24, 2.45) is 0 Å². The standard InChI is InChI=1S/C17H27NO3/c1-4-7-13-21-17(19)15-10-8-9-11-16(15)20-14-12-18(5-2)6-3/h8-11H,4-7,12-14H2,1-3H3. The van der Waals surface area contributed by atoms with Gasteiger partial charge in [-0.05, 0) is 31.6 Å². The minimum atomic E-state index is -0.304. The Morgan fingerprint density at radius 1 is 1.10 bits per heavy atom. The van der Waals surface area contributed by atoms with E-state index in [1.807, 2.05) is 18.2 Å². The first-order valence-electron chi connectivity index (χ1n) is 7.84. The number of rotatable bonds is 10. The second kappa shape index (κ2) is 10.2. The van der Waals surface area contributed by atoms with Crippen LogP contribution in [-0.4, -0.2) is 43.7 Å².